The van der Waals surface area contributed by atoms with Gasteiger partial charge >= 0.3 is 0 Å². The SMILES string of the molecule is Cc1ccc2c(c1)c1ccccc1n2-c1cc(-n2c3ccc(-c4cccc(-c5ccccc5)n4)cc3c3cc(-c4cccc(-c5ccccc5)n4)ccc32)c(-c2nc(-c3ccccc3)nc(-c3ccccc3)n2)cc1-c1nc(-c2ccccc2)nc(-c2ccccc2)n1. The highest BCUT2D eigenvalue weighted by Crippen LogP contribution is 2.45. The fourth-order valence-electron chi connectivity index (χ4n) is 12.8. The summed E-state index contributed by atoms with van der Waals surface area (Å²) in [5.41, 5.74) is 19.1. The van der Waals surface area contributed by atoms with E-state index in [1.807, 2.05) is 133 Å². The van der Waals surface area contributed by atoms with E-state index in [4.69, 9.17) is 39.9 Å². The van der Waals surface area contributed by atoms with Crippen molar-refractivity contribution in [3.63, 3.8) is 0 Å². The second-order valence-electron chi connectivity index (χ2n) is 23.2. The summed E-state index contributed by atoms with van der Waals surface area (Å²) in [7, 11) is 0. The third-order valence-electron chi connectivity index (χ3n) is 17.3. The summed E-state index contributed by atoms with van der Waals surface area (Å²) in [6, 6.07) is 107. The van der Waals surface area contributed by atoms with Gasteiger partial charge < -0.3 is 9.13 Å². The molecule has 0 amide bonds. The highest BCUT2D eigenvalue weighted by molar-refractivity contribution is 6.13. The van der Waals surface area contributed by atoms with Crippen LogP contribution in [0.25, 0.3) is 168 Å². The van der Waals surface area contributed by atoms with Gasteiger partial charge in [0.2, 0.25) is 0 Å². The minimum atomic E-state index is 0.455. The molecule has 0 saturated heterocycles. The summed E-state index contributed by atoms with van der Waals surface area (Å²) in [5, 5.41) is 4.27. The Morgan fingerprint density at radius 3 is 0.914 bits per heavy atom. The Morgan fingerprint density at radius 2 is 0.516 bits per heavy atom. The number of aromatic nitrogens is 10. The maximum Gasteiger partial charge on any atom is 0.166 e. The molecule has 0 atom stereocenters. The number of pyridine rings is 2. The Labute approximate surface area is 536 Å². The lowest BCUT2D eigenvalue weighted by molar-refractivity contribution is 1.05. The third kappa shape index (κ3) is 10.0. The van der Waals surface area contributed by atoms with Crippen molar-refractivity contribution in [1.29, 1.82) is 0 Å². The lowest BCUT2D eigenvalue weighted by Gasteiger charge is -2.21. The Hall–Kier alpha value is -12.7. The number of benzene rings is 11. The van der Waals surface area contributed by atoms with Gasteiger partial charge in [0.15, 0.2) is 34.9 Å². The number of rotatable bonds is 12. The van der Waals surface area contributed by atoms with Crippen LogP contribution in [-0.4, -0.2) is 49.0 Å². The third-order valence-corrected chi connectivity index (χ3v) is 17.3. The normalized spacial score (nSPS) is 11.5. The van der Waals surface area contributed by atoms with Gasteiger partial charge in [-0.25, -0.2) is 39.9 Å². The van der Waals surface area contributed by atoms with E-state index in [0.29, 0.717) is 40.5 Å². The molecule has 10 nitrogen and oxygen atoms in total. The molecule has 0 aliphatic heterocycles. The molecule has 0 saturated carbocycles. The van der Waals surface area contributed by atoms with Crippen molar-refractivity contribution in [1.82, 2.24) is 49.0 Å². The molecular weight excluding hydrogens is 1140 g/mol. The number of fused-ring (bicyclic) bond motifs is 6. The fraction of sp³-hybridized carbons (Fsp3) is 0.0120. The average Bonchev–Trinajstić information content (AvgIpc) is 1.55. The van der Waals surface area contributed by atoms with Crippen molar-refractivity contribution in [2.75, 3.05) is 0 Å². The number of para-hydroxylation sites is 1. The minimum Gasteiger partial charge on any atom is -0.308 e. The first-order valence-corrected chi connectivity index (χ1v) is 31.1. The molecule has 17 rings (SSSR count). The van der Waals surface area contributed by atoms with E-state index in [9.17, 15) is 0 Å². The smallest absolute Gasteiger partial charge is 0.166 e. The van der Waals surface area contributed by atoms with Crippen molar-refractivity contribution in [3.8, 4) is 125 Å². The van der Waals surface area contributed by atoms with E-state index in [1.54, 1.807) is 0 Å². The molecule has 0 aliphatic carbocycles. The van der Waals surface area contributed by atoms with Gasteiger partial charge in [-0.15, -0.1) is 0 Å². The van der Waals surface area contributed by atoms with Crippen LogP contribution in [0.4, 0.5) is 0 Å². The lowest BCUT2D eigenvalue weighted by Crippen LogP contribution is -2.08. The molecule has 11 aromatic carbocycles. The summed E-state index contributed by atoms with van der Waals surface area (Å²) in [6.45, 7) is 2.15. The molecule has 0 aliphatic rings. The van der Waals surface area contributed by atoms with Crippen LogP contribution in [0.1, 0.15) is 5.56 Å². The van der Waals surface area contributed by atoms with Gasteiger partial charge in [0.25, 0.3) is 0 Å². The zero-order chi connectivity index (χ0) is 61.8. The van der Waals surface area contributed by atoms with E-state index in [0.717, 1.165) is 133 Å². The van der Waals surface area contributed by atoms with Crippen molar-refractivity contribution in [2.45, 2.75) is 6.92 Å². The lowest BCUT2D eigenvalue weighted by atomic mass is 10.0. The van der Waals surface area contributed by atoms with E-state index >= 15 is 0 Å². The summed E-state index contributed by atoms with van der Waals surface area (Å²) < 4.78 is 4.76. The Morgan fingerprint density at radius 1 is 0.204 bits per heavy atom. The largest absolute Gasteiger partial charge is 0.308 e. The molecule has 10 heteroatoms. The predicted molar refractivity (Wildman–Crippen MR) is 377 cm³/mol. The number of nitrogens with zero attached hydrogens (tertiary/aromatic N) is 10. The minimum absolute atomic E-state index is 0.455. The topological polar surface area (TPSA) is 113 Å². The van der Waals surface area contributed by atoms with Gasteiger partial charge in [-0.05, 0) is 85.8 Å². The number of hydrogen-bond donors (Lipinski definition) is 0. The van der Waals surface area contributed by atoms with Crippen molar-refractivity contribution in [3.05, 3.63) is 315 Å². The molecule has 6 heterocycles. The predicted octanol–water partition coefficient (Wildman–Crippen LogP) is 20.0. The molecule has 0 radical (unpaired) electrons. The van der Waals surface area contributed by atoms with Crippen LogP contribution in [0, 0.1) is 6.92 Å². The molecule has 436 valence electrons. The monoisotopic (exact) mass is 1190 g/mol. The Kier molecular flexibility index (Phi) is 13.5. The molecule has 0 fully saturated rings. The van der Waals surface area contributed by atoms with Gasteiger partial charge in [-0.1, -0.05) is 236 Å². The molecule has 17 aromatic rings. The van der Waals surface area contributed by atoms with Crippen LogP contribution < -0.4 is 0 Å². The van der Waals surface area contributed by atoms with Crippen LogP contribution >= 0.6 is 0 Å². The maximum absolute atomic E-state index is 5.56. The van der Waals surface area contributed by atoms with Gasteiger partial charge in [0.05, 0.1) is 56.2 Å². The summed E-state index contributed by atoms with van der Waals surface area (Å²) in [6.07, 6.45) is 0. The quantitative estimate of drug-likeness (QED) is 0.119. The van der Waals surface area contributed by atoms with E-state index in [1.165, 1.54) is 0 Å². The highest BCUT2D eigenvalue weighted by atomic mass is 15.1. The molecule has 0 bridgehead atoms. The first-order chi connectivity index (χ1) is 46.0. The molecule has 93 heavy (non-hydrogen) atoms. The van der Waals surface area contributed by atoms with E-state index < -0.39 is 0 Å². The Balaban J connectivity index is 1.02. The van der Waals surface area contributed by atoms with Crippen molar-refractivity contribution in [2.24, 2.45) is 0 Å². The second kappa shape index (κ2) is 23.1. The molecule has 0 spiro atoms. The van der Waals surface area contributed by atoms with Crippen LogP contribution in [0.2, 0.25) is 0 Å². The molecule has 0 N–H and O–H groups in total. The van der Waals surface area contributed by atoms with Crippen molar-refractivity contribution >= 4 is 43.6 Å². The van der Waals surface area contributed by atoms with Crippen LogP contribution in [0.5, 0.6) is 0 Å². The standard InChI is InChI=1S/C83H54N10/c1-53-42-45-73-63(48-53)62-36-20-21-41-72(62)92(73)76-52-77(93-74-46-43-60(70-39-22-37-68(84-70)54-24-8-2-9-25-54)49-64(74)65-50-61(44-47-75(65)93)71-40-23-38-69(85-71)55-26-10-3-11-27-55)67(83-90-80(58-32-16-6-17-33-58)87-81(91-83)59-34-18-7-19-35-59)51-66(76)82-88-78(56-28-12-4-13-29-56)86-79(89-82)57-30-14-5-15-31-57/h2-52H,1H3. The molecular formula is C83H54N10. The number of aryl methyl sites for hydroxylation is 1. The molecule has 0 unspecified atom stereocenters. The summed E-state index contributed by atoms with van der Waals surface area (Å²) >= 11 is 0. The number of hydrogen-bond acceptors (Lipinski definition) is 8. The van der Waals surface area contributed by atoms with E-state index in [-0.39, 0.29) is 0 Å². The summed E-state index contributed by atoms with van der Waals surface area (Å²) in [4.78, 5) is 43.3. The van der Waals surface area contributed by atoms with Gasteiger partial charge in [0.1, 0.15) is 0 Å². The summed E-state index contributed by atoms with van der Waals surface area (Å²) in [5.74, 6) is 3.05. The highest BCUT2D eigenvalue weighted by Gasteiger charge is 2.28. The zero-order valence-corrected chi connectivity index (χ0v) is 50.4. The van der Waals surface area contributed by atoms with Crippen LogP contribution in [0.3, 0.4) is 0 Å². The van der Waals surface area contributed by atoms with Gasteiger partial charge in [-0.2, -0.15) is 0 Å². The Bertz CT molecular complexity index is 5420. The molecule has 6 aromatic heterocycles. The first kappa shape index (κ1) is 54.5. The van der Waals surface area contributed by atoms with E-state index in [2.05, 4.69) is 192 Å². The average molecular weight is 1190 g/mol. The van der Waals surface area contributed by atoms with Crippen LogP contribution in [0.15, 0.2) is 309 Å². The maximum atomic E-state index is 5.56. The first-order valence-electron chi connectivity index (χ1n) is 31.1. The second-order valence-corrected chi connectivity index (χ2v) is 23.2. The fourth-order valence-corrected chi connectivity index (χ4v) is 12.8. The van der Waals surface area contributed by atoms with Crippen molar-refractivity contribution < 1.29 is 0 Å². The van der Waals surface area contributed by atoms with Gasteiger partial charge in [0, 0.05) is 77.2 Å². The van der Waals surface area contributed by atoms with Gasteiger partial charge in [-0.3, -0.25) is 0 Å². The zero-order valence-electron chi connectivity index (χ0n) is 50.4. The van der Waals surface area contributed by atoms with Crippen LogP contribution in [-0.2, 0) is 0 Å².